The Kier molecular flexibility index (Phi) is 8.51. The number of nitrogens with zero attached hydrogens (tertiary/aromatic N) is 3. The first-order valence-electron chi connectivity index (χ1n) is 11.6. The van der Waals surface area contributed by atoms with Gasteiger partial charge in [-0.25, -0.2) is 4.98 Å². The molecule has 1 saturated heterocycles. The van der Waals surface area contributed by atoms with Gasteiger partial charge in [-0.1, -0.05) is 17.7 Å². The van der Waals surface area contributed by atoms with Crippen molar-refractivity contribution in [3.05, 3.63) is 71.3 Å². The van der Waals surface area contributed by atoms with Crippen molar-refractivity contribution in [2.45, 2.75) is 25.6 Å². The highest BCUT2D eigenvalue weighted by molar-refractivity contribution is 6.30. The van der Waals surface area contributed by atoms with E-state index in [2.05, 4.69) is 9.88 Å². The molecule has 8 nitrogen and oxygen atoms in total. The van der Waals surface area contributed by atoms with Crippen molar-refractivity contribution in [1.82, 2.24) is 14.5 Å². The van der Waals surface area contributed by atoms with E-state index in [9.17, 15) is 5.11 Å². The number of rotatable bonds is 10. The summed E-state index contributed by atoms with van der Waals surface area (Å²) in [6.07, 6.45) is 3.72. The lowest BCUT2D eigenvalue weighted by Crippen LogP contribution is -2.48. The van der Waals surface area contributed by atoms with E-state index in [1.54, 1.807) is 37.6 Å². The molecule has 0 bridgehead atoms. The lowest BCUT2D eigenvalue weighted by molar-refractivity contribution is -0.0646. The number of halogens is 1. The maximum atomic E-state index is 11.2. The fourth-order valence-electron chi connectivity index (χ4n) is 4.05. The molecule has 1 aliphatic rings. The number of imidazole rings is 1. The Morgan fingerprint density at radius 1 is 1.14 bits per heavy atom. The molecule has 4 rings (SSSR count). The first-order chi connectivity index (χ1) is 16.9. The van der Waals surface area contributed by atoms with Gasteiger partial charge >= 0.3 is 0 Å². The van der Waals surface area contributed by atoms with Gasteiger partial charge in [-0.3, -0.25) is 4.90 Å². The van der Waals surface area contributed by atoms with E-state index in [0.717, 1.165) is 11.4 Å². The summed E-state index contributed by atoms with van der Waals surface area (Å²) in [5, 5.41) is 11.8. The molecule has 9 heteroatoms. The predicted molar refractivity (Wildman–Crippen MR) is 133 cm³/mol. The second kappa shape index (κ2) is 11.8. The van der Waals surface area contributed by atoms with Crippen LogP contribution in [-0.4, -0.2) is 71.8 Å². The van der Waals surface area contributed by atoms with Crippen LogP contribution in [0.2, 0.25) is 5.02 Å². The van der Waals surface area contributed by atoms with Crippen molar-refractivity contribution in [2.24, 2.45) is 0 Å². The minimum absolute atomic E-state index is 0.123. The Morgan fingerprint density at radius 3 is 2.71 bits per heavy atom. The second-order valence-electron chi connectivity index (χ2n) is 8.73. The molecule has 3 aromatic rings. The number of ether oxygens (including phenoxy) is 4. The number of methoxy groups -OCH3 is 1. The summed E-state index contributed by atoms with van der Waals surface area (Å²) in [5.74, 6) is 2.98. The highest BCUT2D eigenvalue weighted by Gasteiger charge is 2.33. The van der Waals surface area contributed by atoms with Crippen LogP contribution in [0.15, 0.2) is 54.9 Å². The molecule has 1 atom stereocenters. The van der Waals surface area contributed by atoms with Crippen LogP contribution >= 0.6 is 11.6 Å². The SMILES string of the molecule is COc1cc(CN2CCOC[C@](O)(COc3ccc(Cl)cc3)C2)ccc1OCCn1ccnc1C. The average molecular weight is 502 g/mol. The molecular formula is C26H32ClN3O5. The molecule has 0 amide bonds. The second-order valence-corrected chi connectivity index (χ2v) is 9.17. The standard InChI is InChI=1S/C26H32ClN3O5/c1-20-28-9-10-30(20)12-14-34-24-8-3-21(15-25(24)32-2)16-29-11-13-33-18-26(31,17-29)19-35-23-6-4-22(27)5-7-23/h3-10,15,31H,11-14,16-19H2,1-2H3/t26-/m0/s1. The van der Waals surface area contributed by atoms with Gasteiger partial charge < -0.3 is 28.6 Å². The molecule has 0 spiro atoms. The molecule has 1 aromatic heterocycles. The van der Waals surface area contributed by atoms with Gasteiger partial charge in [0, 0.05) is 37.1 Å². The maximum Gasteiger partial charge on any atom is 0.161 e. The molecule has 2 heterocycles. The fourth-order valence-corrected chi connectivity index (χ4v) is 4.18. The van der Waals surface area contributed by atoms with Gasteiger partial charge in [0.1, 0.15) is 30.4 Å². The number of β-amino-alcohol motifs (C(OH)–C–C–N with tert-alkyl or cyclic N) is 1. The molecule has 0 saturated carbocycles. The fraction of sp³-hybridized carbons (Fsp3) is 0.423. The lowest BCUT2D eigenvalue weighted by Gasteiger charge is -2.30. The summed E-state index contributed by atoms with van der Waals surface area (Å²) in [7, 11) is 1.64. The van der Waals surface area contributed by atoms with E-state index in [4.69, 9.17) is 30.5 Å². The van der Waals surface area contributed by atoms with Crippen molar-refractivity contribution >= 4 is 11.6 Å². The summed E-state index contributed by atoms with van der Waals surface area (Å²) in [5.41, 5.74) is -0.0723. The smallest absolute Gasteiger partial charge is 0.161 e. The first-order valence-corrected chi connectivity index (χ1v) is 12.0. The average Bonchev–Trinajstić information content (AvgIpc) is 3.17. The van der Waals surface area contributed by atoms with E-state index in [0.29, 0.717) is 61.7 Å². The summed E-state index contributed by atoms with van der Waals surface area (Å²) in [6.45, 7) is 5.82. The van der Waals surface area contributed by atoms with Gasteiger partial charge in [-0.2, -0.15) is 0 Å². The van der Waals surface area contributed by atoms with E-state index >= 15 is 0 Å². The normalized spacial score (nSPS) is 18.7. The van der Waals surface area contributed by atoms with Crippen LogP contribution in [0.1, 0.15) is 11.4 Å². The number of benzene rings is 2. The zero-order valence-corrected chi connectivity index (χ0v) is 20.9. The Bertz CT molecular complexity index is 1090. The van der Waals surface area contributed by atoms with Crippen LogP contribution in [0.5, 0.6) is 17.2 Å². The first kappa shape index (κ1) is 25.3. The molecule has 2 aromatic carbocycles. The van der Waals surface area contributed by atoms with Crippen LogP contribution in [0, 0.1) is 6.92 Å². The number of aliphatic hydroxyl groups is 1. The number of aromatic nitrogens is 2. The van der Waals surface area contributed by atoms with Gasteiger partial charge in [0.2, 0.25) is 0 Å². The van der Waals surface area contributed by atoms with Crippen LogP contribution in [0.3, 0.4) is 0 Å². The highest BCUT2D eigenvalue weighted by atomic mass is 35.5. The van der Waals surface area contributed by atoms with Crippen LogP contribution in [0.25, 0.3) is 0 Å². The Morgan fingerprint density at radius 2 is 1.97 bits per heavy atom. The third kappa shape index (κ3) is 7.11. The minimum Gasteiger partial charge on any atom is -0.493 e. The molecule has 1 fully saturated rings. The summed E-state index contributed by atoms with van der Waals surface area (Å²) < 4.78 is 25.1. The Labute approximate surface area is 211 Å². The molecule has 0 unspecified atom stereocenters. The number of hydrogen-bond donors (Lipinski definition) is 1. The van der Waals surface area contributed by atoms with Crippen molar-refractivity contribution < 1.29 is 24.1 Å². The van der Waals surface area contributed by atoms with Gasteiger partial charge in [0.15, 0.2) is 11.5 Å². The van der Waals surface area contributed by atoms with Crippen molar-refractivity contribution in [2.75, 3.05) is 46.6 Å². The Balaban J connectivity index is 1.35. The quantitative estimate of drug-likeness (QED) is 0.455. The maximum absolute atomic E-state index is 11.2. The van der Waals surface area contributed by atoms with Crippen molar-refractivity contribution in [3.63, 3.8) is 0 Å². The third-order valence-corrected chi connectivity index (χ3v) is 6.16. The van der Waals surface area contributed by atoms with E-state index in [-0.39, 0.29) is 13.2 Å². The monoisotopic (exact) mass is 501 g/mol. The number of aryl methyl sites for hydroxylation is 1. The van der Waals surface area contributed by atoms with E-state index in [1.165, 1.54) is 0 Å². The highest BCUT2D eigenvalue weighted by Crippen LogP contribution is 2.29. The van der Waals surface area contributed by atoms with E-state index in [1.807, 2.05) is 35.9 Å². The molecule has 0 radical (unpaired) electrons. The molecule has 0 aliphatic carbocycles. The summed E-state index contributed by atoms with van der Waals surface area (Å²) in [4.78, 5) is 6.39. The predicted octanol–water partition coefficient (Wildman–Crippen LogP) is 3.57. The topological polar surface area (TPSA) is 78.2 Å². The minimum atomic E-state index is -1.13. The van der Waals surface area contributed by atoms with Gasteiger partial charge in [-0.05, 0) is 48.9 Å². The largest absolute Gasteiger partial charge is 0.493 e. The summed E-state index contributed by atoms with van der Waals surface area (Å²) in [6, 6.07) is 13.0. The molecule has 1 aliphatic heterocycles. The molecule has 188 valence electrons. The third-order valence-electron chi connectivity index (χ3n) is 5.91. The van der Waals surface area contributed by atoms with Crippen LogP contribution in [0.4, 0.5) is 0 Å². The van der Waals surface area contributed by atoms with Gasteiger partial charge in [0.25, 0.3) is 0 Å². The molecular weight excluding hydrogens is 470 g/mol. The van der Waals surface area contributed by atoms with Crippen molar-refractivity contribution in [1.29, 1.82) is 0 Å². The van der Waals surface area contributed by atoms with Crippen LogP contribution in [-0.2, 0) is 17.8 Å². The number of hydrogen-bond acceptors (Lipinski definition) is 7. The van der Waals surface area contributed by atoms with Crippen molar-refractivity contribution in [3.8, 4) is 17.2 Å². The summed E-state index contributed by atoms with van der Waals surface area (Å²) >= 11 is 5.94. The zero-order chi connectivity index (χ0) is 24.7. The molecule has 35 heavy (non-hydrogen) atoms. The van der Waals surface area contributed by atoms with Gasteiger partial charge in [0.05, 0.1) is 26.9 Å². The van der Waals surface area contributed by atoms with E-state index < -0.39 is 5.60 Å². The lowest BCUT2D eigenvalue weighted by atomic mass is 10.1. The van der Waals surface area contributed by atoms with Gasteiger partial charge in [-0.15, -0.1) is 0 Å². The molecule has 1 N–H and O–H groups in total. The Hall–Kier alpha value is -2.78. The van der Waals surface area contributed by atoms with Crippen LogP contribution < -0.4 is 14.2 Å². The zero-order valence-electron chi connectivity index (χ0n) is 20.2.